The first kappa shape index (κ1) is 12.0. The molecule has 0 saturated heterocycles. The lowest BCUT2D eigenvalue weighted by Crippen LogP contribution is -2.26. The third-order valence-corrected chi connectivity index (χ3v) is 3.88. The van der Waals surface area contributed by atoms with Gasteiger partial charge in [-0.05, 0) is 49.6 Å². The van der Waals surface area contributed by atoms with Crippen molar-refractivity contribution in [1.82, 2.24) is 4.40 Å². The Morgan fingerprint density at radius 3 is 2.58 bits per heavy atom. The van der Waals surface area contributed by atoms with Crippen molar-refractivity contribution in [2.24, 2.45) is 7.05 Å². The van der Waals surface area contributed by atoms with Crippen LogP contribution in [-0.2, 0) is 7.05 Å². The number of rotatable bonds is 1. The van der Waals surface area contributed by atoms with E-state index in [4.69, 9.17) is 0 Å². The molecule has 0 saturated carbocycles. The molecule has 0 N–H and O–H groups in total. The number of aryl methyl sites for hydroxylation is 3. The van der Waals surface area contributed by atoms with Crippen LogP contribution in [-0.4, -0.2) is 4.40 Å². The van der Waals surface area contributed by atoms with Gasteiger partial charge in [0.05, 0.1) is 18.8 Å². The van der Waals surface area contributed by atoms with Crippen LogP contribution in [0.2, 0.25) is 0 Å². The maximum Gasteiger partial charge on any atom is 0.293 e. The highest BCUT2D eigenvalue weighted by Gasteiger charge is 2.16. The Hall–Kier alpha value is -2.09. The van der Waals surface area contributed by atoms with Crippen LogP contribution in [0.15, 0.2) is 42.9 Å². The summed E-state index contributed by atoms with van der Waals surface area (Å²) in [7, 11) is 2.09. The predicted molar refractivity (Wildman–Crippen MR) is 78.2 cm³/mol. The minimum Gasteiger partial charge on any atom is -0.232 e. The number of hydrogen-bond acceptors (Lipinski definition) is 0. The molecule has 0 atom stereocenters. The lowest BCUT2D eigenvalue weighted by atomic mass is 9.95. The average molecular weight is 251 g/mol. The highest BCUT2D eigenvalue weighted by Crippen LogP contribution is 2.29. The zero-order valence-corrected chi connectivity index (χ0v) is 11.9. The van der Waals surface area contributed by atoms with E-state index in [1.165, 1.54) is 33.5 Å². The average Bonchev–Trinajstić information content (AvgIpc) is 2.76. The number of nitrogens with zero attached hydrogens (tertiary/aromatic N) is 2. The molecule has 2 nitrogen and oxygen atoms in total. The molecule has 0 aliphatic rings. The van der Waals surface area contributed by atoms with Crippen molar-refractivity contribution >= 4 is 5.65 Å². The summed E-state index contributed by atoms with van der Waals surface area (Å²) in [5.41, 5.74) is 7.88. The quantitative estimate of drug-likeness (QED) is 0.586. The van der Waals surface area contributed by atoms with Crippen LogP contribution in [0.5, 0.6) is 0 Å². The van der Waals surface area contributed by atoms with E-state index < -0.39 is 0 Å². The Morgan fingerprint density at radius 1 is 1.00 bits per heavy atom. The van der Waals surface area contributed by atoms with E-state index in [0.717, 1.165) is 0 Å². The number of pyridine rings is 1. The Bertz CT molecular complexity index is 766. The summed E-state index contributed by atoms with van der Waals surface area (Å²) < 4.78 is 4.35. The van der Waals surface area contributed by atoms with Crippen molar-refractivity contribution in [2.45, 2.75) is 20.8 Å². The largest absolute Gasteiger partial charge is 0.293 e. The maximum atomic E-state index is 2.28. The summed E-state index contributed by atoms with van der Waals surface area (Å²) in [6, 6.07) is 8.84. The molecular weight excluding hydrogens is 232 g/mol. The summed E-state index contributed by atoms with van der Waals surface area (Å²) in [6.45, 7) is 6.55. The number of fused-ring (bicyclic) bond motifs is 1. The summed E-state index contributed by atoms with van der Waals surface area (Å²) in [5.74, 6) is 0. The van der Waals surface area contributed by atoms with E-state index in [9.17, 15) is 0 Å². The van der Waals surface area contributed by atoms with Gasteiger partial charge in [0.15, 0.2) is 0 Å². The van der Waals surface area contributed by atoms with Gasteiger partial charge in [-0.25, -0.2) is 8.97 Å². The van der Waals surface area contributed by atoms with Gasteiger partial charge in [0.2, 0.25) is 0 Å². The van der Waals surface area contributed by atoms with E-state index in [-0.39, 0.29) is 0 Å². The molecule has 0 spiro atoms. The van der Waals surface area contributed by atoms with Crippen LogP contribution in [0, 0.1) is 20.8 Å². The van der Waals surface area contributed by atoms with Gasteiger partial charge < -0.3 is 0 Å². The van der Waals surface area contributed by atoms with Crippen LogP contribution in [0.4, 0.5) is 0 Å². The second-order valence-corrected chi connectivity index (χ2v) is 5.32. The van der Waals surface area contributed by atoms with Gasteiger partial charge in [0.1, 0.15) is 12.4 Å². The highest BCUT2D eigenvalue weighted by atomic mass is 15.1. The first-order valence-electron chi connectivity index (χ1n) is 6.61. The van der Waals surface area contributed by atoms with Gasteiger partial charge in [-0.3, -0.25) is 0 Å². The van der Waals surface area contributed by atoms with E-state index in [2.05, 4.69) is 79.6 Å². The van der Waals surface area contributed by atoms with Crippen LogP contribution in [0.3, 0.4) is 0 Å². The molecule has 0 amide bonds. The molecule has 0 aliphatic heterocycles. The summed E-state index contributed by atoms with van der Waals surface area (Å²) in [6.07, 6.45) is 6.28. The van der Waals surface area contributed by atoms with E-state index in [1.807, 2.05) is 0 Å². The lowest BCUT2D eigenvalue weighted by molar-refractivity contribution is -0.644. The first-order valence-corrected chi connectivity index (χ1v) is 6.61. The molecule has 2 heteroatoms. The molecule has 2 heterocycles. The molecular formula is C17H19N2+. The number of hydrogen-bond donors (Lipinski definition) is 0. The monoisotopic (exact) mass is 251 g/mol. The molecule has 0 radical (unpaired) electrons. The molecule has 96 valence electrons. The summed E-state index contributed by atoms with van der Waals surface area (Å²) >= 11 is 0. The van der Waals surface area contributed by atoms with Crippen LogP contribution in [0.25, 0.3) is 16.8 Å². The standard InChI is InChI=1S/C17H19N2/c1-12-10-13(2)14(3)16(11-12)15-6-5-7-19-9-8-18(4)17(15)19/h5-11H,1-4H3/q+1. The third kappa shape index (κ3) is 1.84. The van der Waals surface area contributed by atoms with E-state index in [0.29, 0.717) is 0 Å². The number of aromatic nitrogens is 2. The van der Waals surface area contributed by atoms with Crippen LogP contribution >= 0.6 is 0 Å². The second-order valence-electron chi connectivity index (χ2n) is 5.32. The normalized spacial score (nSPS) is 11.2. The van der Waals surface area contributed by atoms with Crippen molar-refractivity contribution in [2.75, 3.05) is 0 Å². The fourth-order valence-corrected chi connectivity index (χ4v) is 2.78. The topological polar surface area (TPSA) is 8.29 Å². The Morgan fingerprint density at radius 2 is 1.79 bits per heavy atom. The summed E-state index contributed by atoms with van der Waals surface area (Å²) in [4.78, 5) is 0. The lowest BCUT2D eigenvalue weighted by Gasteiger charge is -2.10. The molecule has 1 aromatic carbocycles. The SMILES string of the molecule is Cc1cc(C)c(C)c(-c2cccn3cc[n+](C)c23)c1. The van der Waals surface area contributed by atoms with Crippen molar-refractivity contribution in [3.8, 4) is 11.1 Å². The van der Waals surface area contributed by atoms with Gasteiger partial charge in [0.25, 0.3) is 5.65 Å². The van der Waals surface area contributed by atoms with E-state index in [1.54, 1.807) is 0 Å². The van der Waals surface area contributed by atoms with Gasteiger partial charge >= 0.3 is 0 Å². The Labute approximate surface area is 113 Å². The fraction of sp³-hybridized carbons (Fsp3) is 0.235. The second kappa shape index (κ2) is 4.23. The number of benzene rings is 1. The predicted octanol–water partition coefficient (Wildman–Crippen LogP) is 3.36. The van der Waals surface area contributed by atoms with Crippen molar-refractivity contribution < 1.29 is 4.57 Å². The maximum absolute atomic E-state index is 2.28. The zero-order chi connectivity index (χ0) is 13.6. The molecule has 0 fully saturated rings. The van der Waals surface area contributed by atoms with Crippen molar-refractivity contribution in [3.05, 3.63) is 59.5 Å². The van der Waals surface area contributed by atoms with Gasteiger partial charge in [-0.2, -0.15) is 0 Å². The molecule has 0 bridgehead atoms. The van der Waals surface area contributed by atoms with Gasteiger partial charge in [-0.15, -0.1) is 0 Å². The Balaban J connectivity index is 2.39. The minimum absolute atomic E-state index is 1.23. The Kier molecular flexibility index (Phi) is 2.67. The minimum atomic E-state index is 1.23. The van der Waals surface area contributed by atoms with Crippen molar-refractivity contribution in [1.29, 1.82) is 0 Å². The first-order chi connectivity index (χ1) is 9.08. The van der Waals surface area contributed by atoms with Crippen LogP contribution < -0.4 is 4.57 Å². The zero-order valence-electron chi connectivity index (χ0n) is 11.9. The third-order valence-electron chi connectivity index (χ3n) is 3.88. The van der Waals surface area contributed by atoms with Gasteiger partial charge in [-0.1, -0.05) is 17.7 Å². The summed E-state index contributed by atoms with van der Waals surface area (Å²) in [5, 5.41) is 0. The number of imidazole rings is 1. The molecule has 3 rings (SSSR count). The molecule has 19 heavy (non-hydrogen) atoms. The smallest absolute Gasteiger partial charge is 0.232 e. The molecule has 3 aromatic rings. The fourth-order valence-electron chi connectivity index (χ4n) is 2.78. The molecule has 2 aromatic heterocycles. The van der Waals surface area contributed by atoms with Crippen molar-refractivity contribution in [3.63, 3.8) is 0 Å². The van der Waals surface area contributed by atoms with Gasteiger partial charge in [0, 0.05) is 0 Å². The molecule has 0 aliphatic carbocycles. The van der Waals surface area contributed by atoms with E-state index >= 15 is 0 Å². The highest BCUT2D eigenvalue weighted by molar-refractivity contribution is 5.79. The molecule has 0 unspecified atom stereocenters. The van der Waals surface area contributed by atoms with Crippen LogP contribution in [0.1, 0.15) is 16.7 Å².